The Labute approximate surface area is 166 Å². The highest BCUT2D eigenvalue weighted by molar-refractivity contribution is 7.90. The molecule has 27 heavy (non-hydrogen) atoms. The lowest BCUT2D eigenvalue weighted by molar-refractivity contribution is 0.570. The molecule has 148 valence electrons. The van der Waals surface area contributed by atoms with E-state index in [1.807, 2.05) is 19.1 Å². The Hall–Kier alpha value is -1.93. The highest BCUT2D eigenvalue weighted by Gasteiger charge is 2.17. The van der Waals surface area contributed by atoms with Crippen molar-refractivity contribution in [1.29, 1.82) is 0 Å². The standard InChI is InChI=1S/C19H28N4O2S2/c1-13-9-14(7-8-15(13)27(6,24)25)10-21-18(20-5)22-11-17-23-16(12-26-17)19(2,3)4/h7-9,12H,10-11H2,1-6H3,(H2,20,21,22). The van der Waals surface area contributed by atoms with E-state index in [1.165, 1.54) is 6.26 Å². The Bertz CT molecular complexity index is 925. The van der Waals surface area contributed by atoms with Crippen LogP contribution in [0.5, 0.6) is 0 Å². The smallest absolute Gasteiger partial charge is 0.191 e. The maximum atomic E-state index is 11.7. The molecule has 6 nitrogen and oxygen atoms in total. The molecule has 0 spiro atoms. The van der Waals surface area contributed by atoms with Crippen LogP contribution in [-0.2, 0) is 28.3 Å². The molecular formula is C19H28N4O2S2. The minimum Gasteiger partial charge on any atom is -0.352 e. The Morgan fingerprint density at radius 1 is 1.22 bits per heavy atom. The second kappa shape index (κ2) is 8.39. The van der Waals surface area contributed by atoms with Gasteiger partial charge in [-0.05, 0) is 24.1 Å². The van der Waals surface area contributed by atoms with E-state index in [2.05, 4.69) is 46.8 Å². The van der Waals surface area contributed by atoms with E-state index in [4.69, 9.17) is 0 Å². The number of aryl methyl sites for hydroxylation is 1. The Kier molecular flexibility index (Phi) is 6.64. The van der Waals surface area contributed by atoms with Crippen LogP contribution in [0.1, 0.15) is 42.6 Å². The number of nitrogens with one attached hydrogen (secondary N) is 2. The molecule has 0 saturated heterocycles. The number of rotatable bonds is 5. The van der Waals surface area contributed by atoms with E-state index < -0.39 is 9.84 Å². The number of hydrogen-bond acceptors (Lipinski definition) is 5. The van der Waals surface area contributed by atoms with Crippen LogP contribution in [0.15, 0.2) is 33.5 Å². The molecule has 0 saturated carbocycles. The highest BCUT2D eigenvalue weighted by atomic mass is 32.2. The molecule has 1 heterocycles. The molecule has 0 fully saturated rings. The molecule has 0 radical (unpaired) electrons. The lowest BCUT2D eigenvalue weighted by Gasteiger charge is -2.14. The number of benzene rings is 1. The van der Waals surface area contributed by atoms with E-state index in [1.54, 1.807) is 24.5 Å². The molecular weight excluding hydrogens is 380 g/mol. The minimum absolute atomic E-state index is 0.0463. The first-order valence-corrected chi connectivity index (χ1v) is 11.5. The molecule has 8 heteroatoms. The van der Waals surface area contributed by atoms with Crippen LogP contribution in [-0.4, -0.2) is 32.7 Å². The zero-order valence-electron chi connectivity index (χ0n) is 16.8. The van der Waals surface area contributed by atoms with Crippen molar-refractivity contribution in [1.82, 2.24) is 15.6 Å². The van der Waals surface area contributed by atoms with Crippen LogP contribution < -0.4 is 10.6 Å². The van der Waals surface area contributed by atoms with Gasteiger partial charge in [0.15, 0.2) is 15.8 Å². The fourth-order valence-corrected chi connectivity index (χ4v) is 4.46. The first kappa shape index (κ1) is 21.4. The molecule has 0 atom stereocenters. The highest BCUT2D eigenvalue weighted by Crippen LogP contribution is 2.23. The monoisotopic (exact) mass is 408 g/mol. The van der Waals surface area contributed by atoms with Gasteiger partial charge in [-0.25, -0.2) is 13.4 Å². The summed E-state index contributed by atoms with van der Waals surface area (Å²) in [5.74, 6) is 0.673. The third-order valence-electron chi connectivity index (χ3n) is 4.05. The van der Waals surface area contributed by atoms with Gasteiger partial charge in [0.2, 0.25) is 0 Å². The third-order valence-corrected chi connectivity index (χ3v) is 6.16. The molecule has 0 amide bonds. The summed E-state index contributed by atoms with van der Waals surface area (Å²) < 4.78 is 23.4. The Balaban J connectivity index is 1.94. The SMILES string of the molecule is CN=C(NCc1ccc(S(C)(=O)=O)c(C)c1)NCc1nc(C(C)(C)C)cs1. The van der Waals surface area contributed by atoms with Gasteiger partial charge in [0.25, 0.3) is 0 Å². The molecule has 2 aromatic rings. The van der Waals surface area contributed by atoms with E-state index >= 15 is 0 Å². The van der Waals surface area contributed by atoms with Gasteiger partial charge in [0, 0.05) is 30.6 Å². The van der Waals surface area contributed by atoms with Gasteiger partial charge < -0.3 is 10.6 Å². The molecule has 0 aliphatic heterocycles. The second-order valence-electron chi connectivity index (χ2n) is 7.53. The summed E-state index contributed by atoms with van der Waals surface area (Å²) in [7, 11) is -1.48. The number of hydrogen-bond donors (Lipinski definition) is 2. The van der Waals surface area contributed by atoms with Gasteiger partial charge in [-0.15, -0.1) is 11.3 Å². The molecule has 0 bridgehead atoms. The molecule has 0 aliphatic carbocycles. The van der Waals surface area contributed by atoms with Gasteiger partial charge in [0.05, 0.1) is 17.1 Å². The Morgan fingerprint density at radius 2 is 1.89 bits per heavy atom. The van der Waals surface area contributed by atoms with E-state index in [0.29, 0.717) is 23.9 Å². The molecule has 0 aliphatic rings. The number of guanidine groups is 1. The van der Waals surface area contributed by atoms with Crippen LogP contribution in [0.2, 0.25) is 0 Å². The average molecular weight is 409 g/mol. The summed E-state index contributed by atoms with van der Waals surface area (Å²) in [5, 5.41) is 9.61. The van der Waals surface area contributed by atoms with Crippen molar-refractivity contribution in [2.45, 2.75) is 51.1 Å². The van der Waals surface area contributed by atoms with Gasteiger partial charge in [-0.1, -0.05) is 32.9 Å². The number of nitrogens with zero attached hydrogens (tertiary/aromatic N) is 2. The van der Waals surface area contributed by atoms with Crippen LogP contribution >= 0.6 is 11.3 Å². The molecule has 2 rings (SSSR count). The first-order valence-electron chi connectivity index (χ1n) is 8.69. The third kappa shape index (κ3) is 6.04. The molecule has 2 N–H and O–H groups in total. The lowest BCUT2D eigenvalue weighted by atomic mass is 9.93. The summed E-state index contributed by atoms with van der Waals surface area (Å²) in [6.45, 7) is 9.41. The van der Waals surface area contributed by atoms with E-state index in [0.717, 1.165) is 21.8 Å². The number of aliphatic imine (C=N–C) groups is 1. The number of aromatic nitrogens is 1. The van der Waals surface area contributed by atoms with Crippen molar-refractivity contribution in [3.8, 4) is 0 Å². The predicted molar refractivity (Wildman–Crippen MR) is 112 cm³/mol. The molecule has 1 aromatic heterocycles. The summed E-state index contributed by atoms with van der Waals surface area (Å²) in [4.78, 5) is 9.26. The van der Waals surface area contributed by atoms with Crippen molar-refractivity contribution < 1.29 is 8.42 Å². The van der Waals surface area contributed by atoms with Crippen LogP contribution in [0.3, 0.4) is 0 Å². The van der Waals surface area contributed by atoms with Crippen LogP contribution in [0.4, 0.5) is 0 Å². The average Bonchev–Trinajstić information content (AvgIpc) is 3.03. The predicted octanol–water partition coefficient (Wildman–Crippen LogP) is 3.02. The summed E-state index contributed by atoms with van der Waals surface area (Å²) in [5.41, 5.74) is 2.88. The van der Waals surface area contributed by atoms with Crippen molar-refractivity contribution in [2.75, 3.05) is 13.3 Å². The summed E-state index contributed by atoms with van der Waals surface area (Å²) in [6, 6.07) is 5.36. The van der Waals surface area contributed by atoms with Gasteiger partial charge in [0.1, 0.15) is 5.01 Å². The van der Waals surface area contributed by atoms with Crippen LogP contribution in [0.25, 0.3) is 0 Å². The zero-order chi connectivity index (χ0) is 20.2. The largest absolute Gasteiger partial charge is 0.352 e. The maximum absolute atomic E-state index is 11.7. The van der Waals surface area contributed by atoms with Crippen molar-refractivity contribution in [3.05, 3.63) is 45.4 Å². The van der Waals surface area contributed by atoms with Gasteiger partial charge in [-0.3, -0.25) is 4.99 Å². The lowest BCUT2D eigenvalue weighted by Crippen LogP contribution is -2.36. The number of thiazole rings is 1. The first-order chi connectivity index (χ1) is 12.5. The van der Waals surface area contributed by atoms with E-state index in [9.17, 15) is 8.42 Å². The minimum atomic E-state index is -3.20. The summed E-state index contributed by atoms with van der Waals surface area (Å²) >= 11 is 1.64. The fourth-order valence-electron chi connectivity index (χ4n) is 2.54. The molecule has 1 aromatic carbocycles. The van der Waals surface area contributed by atoms with Crippen molar-refractivity contribution >= 4 is 27.1 Å². The quantitative estimate of drug-likeness (QED) is 0.587. The topological polar surface area (TPSA) is 83.5 Å². The fraction of sp³-hybridized carbons (Fsp3) is 0.474. The summed E-state index contributed by atoms with van der Waals surface area (Å²) in [6.07, 6.45) is 1.22. The zero-order valence-corrected chi connectivity index (χ0v) is 18.4. The van der Waals surface area contributed by atoms with Crippen LogP contribution in [0, 0.1) is 6.92 Å². The Morgan fingerprint density at radius 3 is 2.41 bits per heavy atom. The second-order valence-corrected chi connectivity index (χ2v) is 10.5. The molecule has 0 unspecified atom stereocenters. The van der Waals surface area contributed by atoms with Gasteiger partial charge in [-0.2, -0.15) is 0 Å². The van der Waals surface area contributed by atoms with E-state index in [-0.39, 0.29) is 5.41 Å². The van der Waals surface area contributed by atoms with Crippen molar-refractivity contribution in [2.24, 2.45) is 4.99 Å². The maximum Gasteiger partial charge on any atom is 0.191 e. The van der Waals surface area contributed by atoms with Gasteiger partial charge >= 0.3 is 0 Å². The van der Waals surface area contributed by atoms with Crippen molar-refractivity contribution in [3.63, 3.8) is 0 Å². The normalized spacial score (nSPS) is 12.9. The number of sulfone groups is 1.